The third-order valence-electron chi connectivity index (χ3n) is 2.60. The predicted molar refractivity (Wildman–Crippen MR) is 67.4 cm³/mol. The second kappa shape index (κ2) is 5.28. The normalized spacial score (nSPS) is 11.6. The van der Waals surface area contributed by atoms with Gasteiger partial charge in [-0.15, -0.1) is 0 Å². The molecule has 2 rings (SSSR count). The quantitative estimate of drug-likeness (QED) is 0.839. The zero-order chi connectivity index (χ0) is 13.0. The molecular weight excluding hydrogens is 229 g/mol. The number of nitriles is 1. The maximum Gasteiger partial charge on any atom is 0.214 e. The van der Waals surface area contributed by atoms with Crippen LogP contribution >= 0.6 is 0 Å². The first kappa shape index (κ1) is 12.1. The van der Waals surface area contributed by atoms with E-state index in [1.54, 1.807) is 24.3 Å². The fraction of sp³-hybridized carbons (Fsp3) is 0.143. The molecule has 3 nitrogen and oxygen atoms in total. The van der Waals surface area contributed by atoms with Gasteiger partial charge in [-0.05, 0) is 36.8 Å². The molecule has 90 valence electrons. The Morgan fingerprint density at radius 3 is 2.78 bits per heavy atom. The van der Waals surface area contributed by atoms with Gasteiger partial charge < -0.3 is 5.32 Å². The third-order valence-corrected chi connectivity index (χ3v) is 2.60. The van der Waals surface area contributed by atoms with E-state index in [1.165, 1.54) is 6.07 Å². The summed E-state index contributed by atoms with van der Waals surface area (Å²) in [5.41, 5.74) is 1.56. The van der Waals surface area contributed by atoms with Crippen LogP contribution in [0.25, 0.3) is 0 Å². The minimum atomic E-state index is -0.516. The van der Waals surface area contributed by atoms with Crippen LogP contribution in [0.2, 0.25) is 0 Å². The summed E-state index contributed by atoms with van der Waals surface area (Å²) in [6, 6.07) is 13.9. The van der Waals surface area contributed by atoms with Gasteiger partial charge in [-0.3, -0.25) is 0 Å². The fourth-order valence-electron chi connectivity index (χ4n) is 1.67. The molecule has 1 aromatic carbocycles. The van der Waals surface area contributed by atoms with Gasteiger partial charge in [0.15, 0.2) is 0 Å². The van der Waals surface area contributed by atoms with E-state index in [1.807, 2.05) is 19.1 Å². The molecule has 1 atom stereocenters. The van der Waals surface area contributed by atoms with Crippen molar-refractivity contribution >= 4 is 5.82 Å². The molecule has 0 amide bonds. The van der Waals surface area contributed by atoms with Crippen molar-refractivity contribution in [3.05, 3.63) is 59.5 Å². The summed E-state index contributed by atoms with van der Waals surface area (Å²) < 4.78 is 12.9. The van der Waals surface area contributed by atoms with Crippen LogP contribution in [0.15, 0.2) is 42.5 Å². The summed E-state index contributed by atoms with van der Waals surface area (Å²) in [7, 11) is 0. The third kappa shape index (κ3) is 2.83. The predicted octanol–water partition coefficient (Wildman–Crippen LogP) is 3.27. The lowest BCUT2D eigenvalue weighted by Gasteiger charge is -2.15. The molecule has 0 radical (unpaired) electrons. The minimum absolute atomic E-state index is 0.0485. The fourth-order valence-corrected chi connectivity index (χ4v) is 1.67. The summed E-state index contributed by atoms with van der Waals surface area (Å²) in [5, 5.41) is 11.9. The SMILES string of the molecule is CC(Nc1cccc(F)n1)c1cccc(C#N)c1. The summed E-state index contributed by atoms with van der Waals surface area (Å²) in [6.45, 7) is 1.93. The van der Waals surface area contributed by atoms with E-state index in [2.05, 4.69) is 16.4 Å². The Labute approximate surface area is 105 Å². The maximum absolute atomic E-state index is 12.9. The molecule has 0 spiro atoms. The van der Waals surface area contributed by atoms with E-state index in [-0.39, 0.29) is 6.04 Å². The summed E-state index contributed by atoms with van der Waals surface area (Å²) in [6.07, 6.45) is 0. The van der Waals surface area contributed by atoms with Crippen LogP contribution in [-0.2, 0) is 0 Å². The number of benzene rings is 1. The van der Waals surface area contributed by atoms with E-state index in [0.717, 1.165) is 5.56 Å². The van der Waals surface area contributed by atoms with Gasteiger partial charge in [-0.2, -0.15) is 9.65 Å². The van der Waals surface area contributed by atoms with Crippen LogP contribution in [0.3, 0.4) is 0 Å². The van der Waals surface area contributed by atoms with Crippen molar-refractivity contribution in [2.75, 3.05) is 5.32 Å². The smallest absolute Gasteiger partial charge is 0.214 e. The van der Waals surface area contributed by atoms with E-state index >= 15 is 0 Å². The standard InChI is InChI=1S/C14H12FN3/c1-10(12-5-2-4-11(8-12)9-16)17-14-7-3-6-13(15)18-14/h2-8,10H,1H3,(H,17,18). The molecule has 1 aromatic heterocycles. The molecule has 1 heterocycles. The van der Waals surface area contributed by atoms with Crippen molar-refractivity contribution < 1.29 is 4.39 Å². The van der Waals surface area contributed by atoms with Crippen LogP contribution < -0.4 is 5.32 Å². The number of rotatable bonds is 3. The first-order valence-corrected chi connectivity index (χ1v) is 5.58. The van der Waals surface area contributed by atoms with Crippen molar-refractivity contribution in [2.45, 2.75) is 13.0 Å². The van der Waals surface area contributed by atoms with E-state index in [4.69, 9.17) is 5.26 Å². The molecule has 1 N–H and O–H groups in total. The second-order valence-electron chi connectivity index (χ2n) is 3.95. The highest BCUT2D eigenvalue weighted by Gasteiger charge is 2.07. The first-order chi connectivity index (χ1) is 8.69. The van der Waals surface area contributed by atoms with Crippen molar-refractivity contribution in [1.82, 2.24) is 4.98 Å². The zero-order valence-electron chi connectivity index (χ0n) is 9.89. The molecule has 2 aromatic rings. The van der Waals surface area contributed by atoms with Gasteiger partial charge in [0.1, 0.15) is 5.82 Å². The number of hydrogen-bond acceptors (Lipinski definition) is 3. The van der Waals surface area contributed by atoms with E-state index in [9.17, 15) is 4.39 Å². The Balaban J connectivity index is 2.17. The molecule has 1 unspecified atom stereocenters. The Morgan fingerprint density at radius 2 is 2.06 bits per heavy atom. The van der Waals surface area contributed by atoms with Crippen LogP contribution in [-0.4, -0.2) is 4.98 Å². The lowest BCUT2D eigenvalue weighted by Crippen LogP contribution is -2.08. The monoisotopic (exact) mass is 241 g/mol. The summed E-state index contributed by atoms with van der Waals surface area (Å²) in [5.74, 6) is -0.0390. The molecule has 0 aliphatic rings. The molecule has 18 heavy (non-hydrogen) atoms. The molecule has 0 saturated heterocycles. The molecule has 0 saturated carbocycles. The Morgan fingerprint density at radius 1 is 1.28 bits per heavy atom. The molecule has 0 aliphatic heterocycles. The number of pyridine rings is 1. The zero-order valence-corrected chi connectivity index (χ0v) is 9.89. The Hall–Kier alpha value is -2.41. The number of nitrogens with one attached hydrogen (secondary N) is 1. The Bertz CT molecular complexity index is 590. The second-order valence-corrected chi connectivity index (χ2v) is 3.95. The van der Waals surface area contributed by atoms with Crippen molar-refractivity contribution in [3.63, 3.8) is 0 Å². The largest absolute Gasteiger partial charge is 0.363 e. The number of hydrogen-bond donors (Lipinski definition) is 1. The molecule has 0 aliphatic carbocycles. The lowest BCUT2D eigenvalue weighted by molar-refractivity contribution is 0.584. The Kier molecular flexibility index (Phi) is 3.54. The molecular formula is C14H12FN3. The van der Waals surface area contributed by atoms with Gasteiger partial charge in [0.2, 0.25) is 5.95 Å². The van der Waals surface area contributed by atoms with Gasteiger partial charge in [0.25, 0.3) is 0 Å². The van der Waals surface area contributed by atoms with Gasteiger partial charge in [-0.1, -0.05) is 18.2 Å². The topological polar surface area (TPSA) is 48.7 Å². The van der Waals surface area contributed by atoms with Crippen molar-refractivity contribution in [3.8, 4) is 6.07 Å². The number of halogens is 1. The highest BCUT2D eigenvalue weighted by atomic mass is 19.1. The number of anilines is 1. The van der Waals surface area contributed by atoms with Gasteiger partial charge in [0.05, 0.1) is 11.6 Å². The first-order valence-electron chi connectivity index (χ1n) is 5.58. The summed E-state index contributed by atoms with van der Waals surface area (Å²) in [4.78, 5) is 3.74. The van der Waals surface area contributed by atoms with Crippen LogP contribution in [0.5, 0.6) is 0 Å². The van der Waals surface area contributed by atoms with Gasteiger partial charge >= 0.3 is 0 Å². The minimum Gasteiger partial charge on any atom is -0.363 e. The van der Waals surface area contributed by atoms with Crippen LogP contribution in [0.1, 0.15) is 24.1 Å². The van der Waals surface area contributed by atoms with Gasteiger partial charge in [0, 0.05) is 6.04 Å². The molecule has 0 fully saturated rings. The van der Waals surface area contributed by atoms with Crippen LogP contribution in [0.4, 0.5) is 10.2 Å². The molecule has 0 bridgehead atoms. The number of nitrogens with zero attached hydrogens (tertiary/aromatic N) is 2. The highest BCUT2D eigenvalue weighted by Crippen LogP contribution is 2.18. The van der Waals surface area contributed by atoms with Crippen molar-refractivity contribution in [1.29, 1.82) is 5.26 Å². The number of aromatic nitrogens is 1. The average molecular weight is 241 g/mol. The average Bonchev–Trinajstić information content (AvgIpc) is 2.39. The lowest BCUT2D eigenvalue weighted by atomic mass is 10.1. The molecule has 4 heteroatoms. The van der Waals surface area contributed by atoms with E-state index < -0.39 is 5.95 Å². The maximum atomic E-state index is 12.9. The van der Waals surface area contributed by atoms with Crippen molar-refractivity contribution in [2.24, 2.45) is 0 Å². The van der Waals surface area contributed by atoms with Crippen LogP contribution in [0, 0.1) is 17.3 Å². The van der Waals surface area contributed by atoms with Gasteiger partial charge in [-0.25, -0.2) is 4.98 Å². The van der Waals surface area contributed by atoms with E-state index in [0.29, 0.717) is 11.4 Å². The summed E-state index contributed by atoms with van der Waals surface area (Å²) >= 11 is 0. The highest BCUT2D eigenvalue weighted by molar-refractivity contribution is 5.40.